The van der Waals surface area contributed by atoms with Gasteiger partial charge in [-0.3, -0.25) is 4.98 Å². The summed E-state index contributed by atoms with van der Waals surface area (Å²) in [7, 11) is 0. The first-order chi connectivity index (χ1) is 6.84. The predicted molar refractivity (Wildman–Crippen MR) is 55.9 cm³/mol. The average molecular weight is 207 g/mol. The van der Waals surface area contributed by atoms with Crippen LogP contribution >= 0.6 is 11.5 Å². The lowest BCUT2D eigenvalue weighted by Gasteiger charge is -2.00. The molecule has 3 N–H and O–H groups in total. The highest BCUT2D eigenvalue weighted by Gasteiger charge is 1.99. The molecule has 14 heavy (non-hydrogen) atoms. The first kappa shape index (κ1) is 8.89. The van der Waals surface area contributed by atoms with Crippen molar-refractivity contribution in [2.75, 3.05) is 11.1 Å². The smallest absolute Gasteiger partial charge is 0.233 e. The minimum absolute atomic E-state index is 0.312. The van der Waals surface area contributed by atoms with Gasteiger partial charge in [0.1, 0.15) is 0 Å². The second kappa shape index (κ2) is 4.01. The molecule has 2 heterocycles. The Morgan fingerprint density at radius 2 is 2.14 bits per heavy atom. The van der Waals surface area contributed by atoms with Crippen LogP contribution in [0.25, 0.3) is 0 Å². The normalized spacial score (nSPS) is 10.0. The second-order valence-corrected chi connectivity index (χ2v) is 3.42. The molecule has 0 unspecified atom stereocenters. The van der Waals surface area contributed by atoms with Gasteiger partial charge in [-0.1, -0.05) is 0 Å². The summed E-state index contributed by atoms with van der Waals surface area (Å²) in [4.78, 5) is 7.92. The van der Waals surface area contributed by atoms with Crippen LogP contribution < -0.4 is 11.1 Å². The van der Waals surface area contributed by atoms with Crippen LogP contribution in [0.4, 0.5) is 11.1 Å². The Balaban J connectivity index is 1.95. The fourth-order valence-electron chi connectivity index (χ4n) is 0.985. The predicted octanol–water partition coefficient (Wildman–Crippen LogP) is 1.13. The van der Waals surface area contributed by atoms with Crippen LogP contribution in [-0.4, -0.2) is 14.3 Å². The van der Waals surface area contributed by atoms with Gasteiger partial charge < -0.3 is 11.1 Å². The minimum atomic E-state index is 0.312. The lowest BCUT2D eigenvalue weighted by Crippen LogP contribution is -1.99. The maximum absolute atomic E-state index is 5.39. The van der Waals surface area contributed by atoms with Gasteiger partial charge in [-0.15, -0.1) is 0 Å². The third-order valence-electron chi connectivity index (χ3n) is 1.63. The molecule has 2 rings (SSSR count). The Kier molecular flexibility index (Phi) is 2.55. The highest BCUT2D eigenvalue weighted by atomic mass is 32.1. The number of nitrogens with two attached hydrogens (primary N) is 1. The molecule has 2 aromatic heterocycles. The third-order valence-corrected chi connectivity index (χ3v) is 2.32. The van der Waals surface area contributed by atoms with E-state index in [9.17, 15) is 0 Å². The van der Waals surface area contributed by atoms with Gasteiger partial charge >= 0.3 is 0 Å². The van der Waals surface area contributed by atoms with E-state index >= 15 is 0 Å². The molecule has 0 aliphatic rings. The number of hydrogen-bond donors (Lipinski definition) is 2. The zero-order valence-corrected chi connectivity index (χ0v) is 8.16. The van der Waals surface area contributed by atoms with Crippen molar-refractivity contribution in [3.63, 3.8) is 0 Å². The van der Waals surface area contributed by atoms with Crippen LogP contribution in [-0.2, 0) is 6.54 Å². The monoisotopic (exact) mass is 207 g/mol. The third kappa shape index (κ3) is 2.17. The molecule has 0 saturated heterocycles. The topological polar surface area (TPSA) is 76.7 Å². The van der Waals surface area contributed by atoms with E-state index in [-0.39, 0.29) is 0 Å². The molecule has 0 spiro atoms. The van der Waals surface area contributed by atoms with E-state index in [1.54, 1.807) is 12.4 Å². The van der Waals surface area contributed by atoms with Gasteiger partial charge in [-0.05, 0) is 17.7 Å². The van der Waals surface area contributed by atoms with Gasteiger partial charge in [0.15, 0.2) is 0 Å². The first-order valence-electron chi connectivity index (χ1n) is 4.06. The Morgan fingerprint density at radius 1 is 1.36 bits per heavy atom. The van der Waals surface area contributed by atoms with Crippen molar-refractivity contribution < 1.29 is 0 Å². The molecule has 0 aromatic carbocycles. The van der Waals surface area contributed by atoms with Crippen molar-refractivity contribution in [2.24, 2.45) is 0 Å². The van der Waals surface area contributed by atoms with E-state index in [1.165, 1.54) is 11.5 Å². The summed E-state index contributed by atoms with van der Waals surface area (Å²) in [6.07, 6.45) is 3.51. The number of rotatable bonds is 3. The first-order valence-corrected chi connectivity index (χ1v) is 4.84. The molecular weight excluding hydrogens is 198 g/mol. The maximum Gasteiger partial charge on any atom is 0.233 e. The molecule has 0 aliphatic carbocycles. The van der Waals surface area contributed by atoms with Crippen LogP contribution in [0, 0.1) is 0 Å². The average Bonchev–Trinajstić information content (AvgIpc) is 2.63. The van der Waals surface area contributed by atoms with Crippen LogP contribution in [0.1, 0.15) is 5.56 Å². The van der Waals surface area contributed by atoms with Gasteiger partial charge in [0.25, 0.3) is 0 Å². The fraction of sp³-hybridized carbons (Fsp3) is 0.125. The molecule has 5 nitrogen and oxygen atoms in total. The van der Waals surface area contributed by atoms with E-state index in [2.05, 4.69) is 19.7 Å². The van der Waals surface area contributed by atoms with Gasteiger partial charge in [0.2, 0.25) is 11.1 Å². The van der Waals surface area contributed by atoms with E-state index in [0.29, 0.717) is 12.5 Å². The lowest BCUT2D eigenvalue weighted by atomic mass is 10.3. The number of aromatic nitrogens is 3. The molecule has 0 fully saturated rings. The van der Waals surface area contributed by atoms with Crippen molar-refractivity contribution in [1.82, 2.24) is 14.3 Å². The van der Waals surface area contributed by atoms with Crippen molar-refractivity contribution >= 4 is 22.6 Å². The Hall–Kier alpha value is -1.69. The van der Waals surface area contributed by atoms with Crippen molar-refractivity contribution in [3.05, 3.63) is 30.1 Å². The second-order valence-electron chi connectivity index (χ2n) is 2.67. The Bertz CT molecular complexity index is 399. The summed E-state index contributed by atoms with van der Waals surface area (Å²) < 4.78 is 3.86. The van der Waals surface area contributed by atoms with Crippen molar-refractivity contribution in [1.29, 1.82) is 0 Å². The molecule has 0 atom stereocenters. The lowest BCUT2D eigenvalue weighted by molar-refractivity contribution is 1.12. The molecule has 0 saturated carbocycles. The largest absolute Gasteiger partial charge is 0.367 e. The zero-order chi connectivity index (χ0) is 9.80. The van der Waals surface area contributed by atoms with E-state index < -0.39 is 0 Å². The summed E-state index contributed by atoms with van der Waals surface area (Å²) >= 11 is 1.26. The zero-order valence-electron chi connectivity index (χ0n) is 7.34. The Morgan fingerprint density at radius 3 is 2.79 bits per heavy atom. The quantitative estimate of drug-likeness (QED) is 0.788. The van der Waals surface area contributed by atoms with Crippen molar-refractivity contribution in [3.8, 4) is 0 Å². The molecular formula is C8H9N5S. The standard InChI is InChI=1S/C8H9N5S/c9-7-12-8(14-13-7)11-5-6-1-3-10-4-2-6/h1-4H,5H2,(H3,9,11,12,13). The molecule has 6 heteroatoms. The maximum atomic E-state index is 5.39. The molecule has 0 radical (unpaired) electrons. The molecule has 72 valence electrons. The van der Waals surface area contributed by atoms with Crippen molar-refractivity contribution in [2.45, 2.75) is 6.54 Å². The number of anilines is 2. The summed E-state index contributed by atoms with van der Waals surface area (Å²) in [5.74, 6) is 0.312. The Labute approximate surface area is 85.2 Å². The molecule has 2 aromatic rings. The number of nitrogens with zero attached hydrogens (tertiary/aromatic N) is 3. The molecule has 0 amide bonds. The van der Waals surface area contributed by atoms with Gasteiger partial charge in [-0.25, -0.2) is 0 Å². The SMILES string of the molecule is Nc1nsc(NCc2ccncc2)n1. The van der Waals surface area contributed by atoms with Crippen LogP contribution in [0.3, 0.4) is 0 Å². The van der Waals surface area contributed by atoms with E-state index in [0.717, 1.165) is 10.7 Å². The van der Waals surface area contributed by atoms with E-state index in [1.807, 2.05) is 12.1 Å². The summed E-state index contributed by atoms with van der Waals surface area (Å²) in [6, 6.07) is 3.88. The number of nitrogen functional groups attached to an aromatic ring is 1. The highest BCUT2D eigenvalue weighted by molar-refractivity contribution is 7.09. The van der Waals surface area contributed by atoms with E-state index in [4.69, 9.17) is 5.73 Å². The molecule has 0 aliphatic heterocycles. The fourth-order valence-corrected chi connectivity index (χ4v) is 1.48. The number of hydrogen-bond acceptors (Lipinski definition) is 6. The summed E-state index contributed by atoms with van der Waals surface area (Å²) in [5.41, 5.74) is 6.53. The number of pyridine rings is 1. The summed E-state index contributed by atoms with van der Waals surface area (Å²) in [5, 5.41) is 3.85. The molecule has 0 bridgehead atoms. The minimum Gasteiger partial charge on any atom is -0.367 e. The van der Waals surface area contributed by atoms with Gasteiger partial charge in [0, 0.05) is 30.5 Å². The van der Waals surface area contributed by atoms with Crippen LogP contribution in [0.5, 0.6) is 0 Å². The summed E-state index contributed by atoms with van der Waals surface area (Å²) in [6.45, 7) is 0.706. The highest BCUT2D eigenvalue weighted by Crippen LogP contribution is 2.12. The van der Waals surface area contributed by atoms with Gasteiger partial charge in [-0.2, -0.15) is 9.36 Å². The van der Waals surface area contributed by atoms with Gasteiger partial charge in [0.05, 0.1) is 0 Å². The van der Waals surface area contributed by atoms with Crippen LogP contribution in [0.15, 0.2) is 24.5 Å². The van der Waals surface area contributed by atoms with Crippen LogP contribution in [0.2, 0.25) is 0 Å². The number of nitrogens with one attached hydrogen (secondary N) is 1.